The molecule has 8 heteroatoms. The first-order chi connectivity index (χ1) is 13.5. The molecule has 2 aromatic carbocycles. The molecular weight excluding hydrogens is 426 g/mol. The molecule has 0 spiro atoms. The Morgan fingerprint density at radius 3 is 2.64 bits per heavy atom. The number of halogens is 1. The van der Waals surface area contributed by atoms with Gasteiger partial charge in [-0.15, -0.1) is 0 Å². The molecule has 0 aliphatic heterocycles. The van der Waals surface area contributed by atoms with Crippen molar-refractivity contribution in [1.29, 1.82) is 0 Å². The highest BCUT2D eigenvalue weighted by Gasteiger charge is 2.17. The third-order valence-electron chi connectivity index (χ3n) is 3.74. The molecule has 1 atom stereocenters. The number of carbonyl (C=O) groups excluding carboxylic acids is 2. The predicted molar refractivity (Wildman–Crippen MR) is 111 cm³/mol. The van der Waals surface area contributed by atoms with Crippen molar-refractivity contribution in [3.8, 4) is 11.5 Å². The maximum absolute atomic E-state index is 12.2. The fraction of sp³-hybridized carbons (Fsp3) is 0.250. The molecule has 28 heavy (non-hydrogen) atoms. The second-order valence-electron chi connectivity index (χ2n) is 5.75. The highest BCUT2D eigenvalue weighted by Crippen LogP contribution is 2.27. The van der Waals surface area contributed by atoms with E-state index in [0.717, 1.165) is 5.56 Å². The van der Waals surface area contributed by atoms with Crippen LogP contribution in [0.2, 0.25) is 0 Å². The minimum atomic E-state index is -0.758. The summed E-state index contributed by atoms with van der Waals surface area (Å²) in [7, 11) is 1.55. The summed E-state index contributed by atoms with van der Waals surface area (Å²) in [5, 5.41) is 6.56. The Balaban J connectivity index is 1.94. The minimum absolute atomic E-state index is 0.352. The molecule has 148 valence electrons. The summed E-state index contributed by atoms with van der Waals surface area (Å²) in [5.41, 5.74) is 3.59. The Hall–Kier alpha value is -2.87. The van der Waals surface area contributed by atoms with Gasteiger partial charge in [0.15, 0.2) is 11.5 Å². The van der Waals surface area contributed by atoms with Gasteiger partial charge in [-0.3, -0.25) is 9.59 Å². The average molecular weight is 448 g/mol. The van der Waals surface area contributed by atoms with Crippen LogP contribution in [0.5, 0.6) is 11.5 Å². The highest BCUT2D eigenvalue weighted by molar-refractivity contribution is 9.10. The molecular formula is C20H22BrN3O4. The molecule has 0 saturated carbocycles. The van der Waals surface area contributed by atoms with Crippen molar-refractivity contribution < 1.29 is 19.1 Å². The largest absolute Gasteiger partial charge is 0.493 e. The third kappa shape index (κ3) is 5.82. The number of carbonyl (C=O) groups is 2. The fourth-order valence-electron chi connectivity index (χ4n) is 2.29. The number of hydrogen-bond donors (Lipinski definition) is 2. The summed E-state index contributed by atoms with van der Waals surface area (Å²) < 4.78 is 11.4. The Morgan fingerprint density at radius 1 is 1.21 bits per heavy atom. The lowest BCUT2D eigenvalue weighted by molar-refractivity contribution is -0.122. The van der Waals surface area contributed by atoms with Gasteiger partial charge in [0.1, 0.15) is 6.04 Å². The third-order valence-corrected chi connectivity index (χ3v) is 4.43. The smallest absolute Gasteiger partial charge is 0.262 e. The first kappa shape index (κ1) is 21.4. The normalized spacial score (nSPS) is 11.7. The molecule has 2 N–H and O–H groups in total. The zero-order chi connectivity index (χ0) is 20.5. The van der Waals surface area contributed by atoms with Gasteiger partial charge in [0.25, 0.3) is 11.8 Å². The van der Waals surface area contributed by atoms with E-state index < -0.39 is 11.9 Å². The Bertz CT molecular complexity index is 870. The van der Waals surface area contributed by atoms with E-state index >= 15 is 0 Å². The molecule has 2 aromatic rings. The van der Waals surface area contributed by atoms with Crippen LogP contribution in [0, 0.1) is 0 Å². The van der Waals surface area contributed by atoms with Gasteiger partial charge in [-0.2, -0.15) is 5.10 Å². The number of amides is 2. The van der Waals surface area contributed by atoms with Crippen LogP contribution in [0.15, 0.2) is 52.0 Å². The first-order valence-electron chi connectivity index (χ1n) is 8.65. The number of hydrogen-bond acceptors (Lipinski definition) is 5. The number of nitrogens with zero attached hydrogens (tertiary/aromatic N) is 1. The summed E-state index contributed by atoms with van der Waals surface area (Å²) in [4.78, 5) is 24.4. The van der Waals surface area contributed by atoms with Crippen LogP contribution in [0.25, 0.3) is 0 Å². The van der Waals surface area contributed by atoms with Crippen LogP contribution in [0.3, 0.4) is 0 Å². The maximum Gasteiger partial charge on any atom is 0.262 e. The zero-order valence-corrected chi connectivity index (χ0v) is 17.4. The van der Waals surface area contributed by atoms with E-state index in [1.54, 1.807) is 50.4 Å². The van der Waals surface area contributed by atoms with Gasteiger partial charge in [0.2, 0.25) is 0 Å². The molecule has 7 nitrogen and oxygen atoms in total. The quantitative estimate of drug-likeness (QED) is 0.480. The van der Waals surface area contributed by atoms with Crippen LogP contribution < -0.4 is 20.2 Å². The molecule has 0 saturated heterocycles. The fourth-order valence-corrected chi connectivity index (χ4v) is 2.76. The van der Waals surface area contributed by atoms with E-state index in [9.17, 15) is 9.59 Å². The van der Waals surface area contributed by atoms with Gasteiger partial charge < -0.3 is 14.8 Å². The second-order valence-corrected chi connectivity index (χ2v) is 6.61. The van der Waals surface area contributed by atoms with Crippen LogP contribution >= 0.6 is 15.9 Å². The molecule has 2 rings (SSSR count). The number of methoxy groups -OCH3 is 1. The van der Waals surface area contributed by atoms with Crippen molar-refractivity contribution >= 4 is 34.0 Å². The molecule has 2 amide bonds. The second kappa shape index (κ2) is 10.5. The maximum atomic E-state index is 12.2. The molecule has 0 bridgehead atoms. The number of rotatable bonds is 8. The van der Waals surface area contributed by atoms with E-state index in [1.807, 2.05) is 13.0 Å². The number of benzene rings is 2. The van der Waals surface area contributed by atoms with Crippen molar-refractivity contribution in [2.45, 2.75) is 19.9 Å². The van der Waals surface area contributed by atoms with E-state index in [1.165, 1.54) is 6.21 Å². The molecule has 0 aromatic heterocycles. The molecule has 0 fully saturated rings. The predicted octanol–water partition coefficient (Wildman–Crippen LogP) is 3.13. The Kier molecular flexibility index (Phi) is 8.01. The number of ether oxygens (including phenoxy) is 2. The lowest BCUT2D eigenvalue weighted by atomic mass is 10.2. The molecule has 0 radical (unpaired) electrons. The van der Waals surface area contributed by atoms with Crippen LogP contribution in [-0.2, 0) is 4.79 Å². The molecule has 0 aliphatic carbocycles. The Morgan fingerprint density at radius 2 is 1.96 bits per heavy atom. The van der Waals surface area contributed by atoms with Gasteiger partial charge in [0.05, 0.1) is 25.5 Å². The molecule has 1 unspecified atom stereocenters. The van der Waals surface area contributed by atoms with Crippen LogP contribution in [0.1, 0.15) is 29.8 Å². The Labute approximate surface area is 172 Å². The van der Waals surface area contributed by atoms with Crippen molar-refractivity contribution in [3.63, 3.8) is 0 Å². The van der Waals surface area contributed by atoms with Gasteiger partial charge in [-0.1, -0.05) is 12.1 Å². The van der Waals surface area contributed by atoms with Crippen molar-refractivity contribution in [3.05, 3.63) is 58.1 Å². The summed E-state index contributed by atoms with van der Waals surface area (Å²) in [5.74, 6) is 0.422. The minimum Gasteiger partial charge on any atom is -0.493 e. The van der Waals surface area contributed by atoms with Gasteiger partial charge >= 0.3 is 0 Å². The van der Waals surface area contributed by atoms with E-state index in [0.29, 0.717) is 28.1 Å². The van der Waals surface area contributed by atoms with Gasteiger partial charge in [0, 0.05) is 4.47 Å². The topological polar surface area (TPSA) is 89.0 Å². The summed E-state index contributed by atoms with van der Waals surface area (Å²) in [6, 6.07) is 11.5. The van der Waals surface area contributed by atoms with Gasteiger partial charge in [-0.25, -0.2) is 5.43 Å². The summed E-state index contributed by atoms with van der Waals surface area (Å²) in [6.07, 6.45) is 1.48. The monoisotopic (exact) mass is 447 g/mol. The lowest BCUT2D eigenvalue weighted by Gasteiger charge is -2.13. The van der Waals surface area contributed by atoms with Crippen molar-refractivity contribution in [1.82, 2.24) is 10.7 Å². The van der Waals surface area contributed by atoms with Crippen molar-refractivity contribution in [2.24, 2.45) is 5.10 Å². The van der Waals surface area contributed by atoms with Gasteiger partial charge in [-0.05, 0) is 65.7 Å². The van der Waals surface area contributed by atoms with E-state index in [2.05, 4.69) is 31.8 Å². The molecule has 0 aliphatic rings. The standard InChI is InChI=1S/C20H22BrN3O4/c1-4-28-17-10-9-14(11-18(17)27-3)12-22-24-19(25)13(2)23-20(26)15-7-5-6-8-16(15)21/h5-13H,4H2,1-3H3,(H,23,26)(H,24,25). The summed E-state index contributed by atoms with van der Waals surface area (Å²) in [6.45, 7) is 4.00. The van der Waals surface area contributed by atoms with Crippen molar-refractivity contribution in [2.75, 3.05) is 13.7 Å². The highest BCUT2D eigenvalue weighted by atomic mass is 79.9. The average Bonchev–Trinajstić information content (AvgIpc) is 2.69. The van der Waals surface area contributed by atoms with E-state index in [4.69, 9.17) is 9.47 Å². The summed E-state index contributed by atoms with van der Waals surface area (Å²) >= 11 is 3.31. The SMILES string of the molecule is CCOc1ccc(C=NNC(=O)C(C)NC(=O)c2ccccc2Br)cc1OC. The first-order valence-corrected chi connectivity index (χ1v) is 9.44. The van der Waals surface area contributed by atoms with Crippen LogP contribution in [-0.4, -0.2) is 37.8 Å². The van der Waals surface area contributed by atoms with Crippen LogP contribution in [0.4, 0.5) is 0 Å². The number of nitrogens with one attached hydrogen (secondary N) is 2. The number of hydrazone groups is 1. The zero-order valence-electron chi connectivity index (χ0n) is 15.9. The van der Waals surface area contributed by atoms with E-state index in [-0.39, 0.29) is 5.91 Å². The molecule has 0 heterocycles. The lowest BCUT2D eigenvalue weighted by Crippen LogP contribution is -2.43.